The summed E-state index contributed by atoms with van der Waals surface area (Å²) in [5.74, 6) is 2.22. The van der Waals surface area contributed by atoms with Crippen molar-refractivity contribution in [2.75, 3.05) is 33.2 Å². The van der Waals surface area contributed by atoms with Crippen LogP contribution >= 0.6 is 0 Å². The first-order chi connectivity index (χ1) is 15.2. The molecule has 32 heavy (non-hydrogen) atoms. The molecule has 8 heteroatoms. The Morgan fingerprint density at radius 1 is 1.06 bits per heavy atom. The second kappa shape index (κ2) is 9.58. The Morgan fingerprint density at radius 3 is 2.50 bits per heavy atom. The van der Waals surface area contributed by atoms with E-state index in [0.717, 1.165) is 17.9 Å². The lowest BCUT2D eigenvalue weighted by Crippen LogP contribution is -2.61. The van der Waals surface area contributed by atoms with E-state index in [0.29, 0.717) is 11.2 Å². The highest BCUT2D eigenvalue weighted by Crippen LogP contribution is 2.56. The van der Waals surface area contributed by atoms with Crippen molar-refractivity contribution < 1.29 is 22.6 Å². The zero-order chi connectivity index (χ0) is 22.9. The molecule has 3 atom stereocenters. The molecule has 5 rings (SSSR count). The molecule has 4 aliphatic rings. The molecular weight excluding hydrogens is 428 g/mol. The van der Waals surface area contributed by atoms with Crippen molar-refractivity contribution in [1.82, 2.24) is 9.80 Å². The van der Waals surface area contributed by atoms with E-state index in [9.17, 15) is 5.11 Å². The van der Waals surface area contributed by atoms with E-state index >= 15 is 0 Å². The van der Waals surface area contributed by atoms with Crippen LogP contribution in [0.25, 0.3) is 0 Å². The first kappa shape index (κ1) is 24.0. The Labute approximate surface area is 192 Å². The Balaban J connectivity index is 0.000000444. The topological polar surface area (TPSA) is 101 Å². The fourth-order valence-corrected chi connectivity index (χ4v) is 7.05. The van der Waals surface area contributed by atoms with Gasteiger partial charge in [0.25, 0.3) is 0 Å². The van der Waals surface area contributed by atoms with Crippen LogP contribution in [0.1, 0.15) is 62.5 Å². The molecule has 1 saturated carbocycles. The Kier molecular flexibility index (Phi) is 7.17. The van der Waals surface area contributed by atoms with E-state index < -0.39 is 10.4 Å². The number of fused-ring (bicyclic) bond motifs is 1. The average Bonchev–Trinajstić information content (AvgIpc) is 2.74. The van der Waals surface area contributed by atoms with Crippen molar-refractivity contribution in [3.63, 3.8) is 0 Å². The summed E-state index contributed by atoms with van der Waals surface area (Å²) in [5, 5.41) is 10.2. The van der Waals surface area contributed by atoms with E-state index in [1.807, 2.05) is 6.07 Å². The van der Waals surface area contributed by atoms with Crippen LogP contribution in [-0.2, 0) is 22.2 Å². The number of rotatable bonds is 3. The fraction of sp³-hybridized carbons (Fsp3) is 0.750. The van der Waals surface area contributed by atoms with Gasteiger partial charge in [-0.15, -0.1) is 0 Å². The first-order valence-electron chi connectivity index (χ1n) is 12.1. The molecule has 180 valence electrons. The molecule has 2 bridgehead atoms. The highest BCUT2D eigenvalue weighted by atomic mass is 32.3. The van der Waals surface area contributed by atoms with Crippen molar-refractivity contribution in [1.29, 1.82) is 0 Å². The highest BCUT2D eigenvalue weighted by Gasteiger charge is 2.53. The molecule has 2 aliphatic carbocycles. The highest BCUT2D eigenvalue weighted by molar-refractivity contribution is 7.79. The van der Waals surface area contributed by atoms with Gasteiger partial charge in [0.05, 0.1) is 0 Å². The molecule has 3 N–H and O–H groups in total. The molecule has 0 radical (unpaired) electrons. The number of phenols is 1. The van der Waals surface area contributed by atoms with Crippen LogP contribution in [-0.4, -0.2) is 71.7 Å². The van der Waals surface area contributed by atoms with Crippen LogP contribution < -0.4 is 0 Å². The number of phenolic OH excluding ortho intramolecular Hbond substituents is 1. The van der Waals surface area contributed by atoms with Crippen molar-refractivity contribution >= 4 is 10.4 Å². The van der Waals surface area contributed by atoms with Crippen LogP contribution in [0.3, 0.4) is 0 Å². The molecule has 7 nitrogen and oxygen atoms in total. The number of hydrogen-bond donors (Lipinski definition) is 3. The zero-order valence-electron chi connectivity index (χ0n) is 19.1. The number of nitrogens with zero attached hydrogens (tertiary/aromatic N) is 2. The number of hydrogen-bond acceptors (Lipinski definition) is 5. The van der Waals surface area contributed by atoms with Gasteiger partial charge in [0, 0.05) is 11.5 Å². The SMILES string of the molecule is CN1CCC(CCN2CC[C@]34CCCC[C@H]3[C@@H]2Cc2ccc(O)cc24)CC1.O=S(=O)(O)O. The molecule has 0 aromatic heterocycles. The monoisotopic (exact) mass is 466 g/mol. The van der Waals surface area contributed by atoms with Crippen molar-refractivity contribution in [3.8, 4) is 5.75 Å². The maximum atomic E-state index is 10.2. The second-order valence-electron chi connectivity index (χ2n) is 10.4. The Bertz CT molecular complexity index is 892. The Morgan fingerprint density at radius 2 is 1.78 bits per heavy atom. The van der Waals surface area contributed by atoms with Gasteiger partial charge in [-0.25, -0.2) is 0 Å². The van der Waals surface area contributed by atoms with E-state index in [1.165, 1.54) is 95.1 Å². The van der Waals surface area contributed by atoms with Crippen molar-refractivity contribution in [3.05, 3.63) is 29.3 Å². The van der Waals surface area contributed by atoms with Gasteiger partial charge in [-0.2, -0.15) is 8.42 Å². The van der Waals surface area contributed by atoms with Crippen LogP contribution in [0.15, 0.2) is 18.2 Å². The first-order valence-corrected chi connectivity index (χ1v) is 13.5. The van der Waals surface area contributed by atoms with Gasteiger partial charge in [-0.05, 0) is 113 Å². The lowest BCUT2D eigenvalue weighted by Gasteiger charge is -2.59. The summed E-state index contributed by atoms with van der Waals surface area (Å²) in [5.41, 5.74) is 3.40. The van der Waals surface area contributed by atoms with Crippen LogP contribution in [0.4, 0.5) is 0 Å². The minimum absolute atomic E-state index is 0.360. The number of benzene rings is 1. The third kappa shape index (κ3) is 5.30. The lowest BCUT2D eigenvalue weighted by molar-refractivity contribution is -0.0146. The molecular formula is C24H38N2O5S. The minimum Gasteiger partial charge on any atom is -0.508 e. The van der Waals surface area contributed by atoms with Gasteiger partial charge in [-0.3, -0.25) is 14.0 Å². The summed E-state index contributed by atoms with van der Waals surface area (Å²) < 4.78 is 31.6. The largest absolute Gasteiger partial charge is 0.508 e. The molecule has 1 aromatic carbocycles. The molecule has 2 aliphatic heterocycles. The molecule has 3 fully saturated rings. The van der Waals surface area contributed by atoms with E-state index in [-0.39, 0.29) is 0 Å². The van der Waals surface area contributed by atoms with E-state index in [1.54, 1.807) is 0 Å². The average molecular weight is 467 g/mol. The number of aromatic hydroxyl groups is 1. The number of piperidine rings is 2. The van der Waals surface area contributed by atoms with Crippen molar-refractivity contribution in [2.24, 2.45) is 11.8 Å². The van der Waals surface area contributed by atoms with Crippen LogP contribution in [0.5, 0.6) is 5.75 Å². The molecule has 1 aromatic rings. The summed E-state index contributed by atoms with van der Waals surface area (Å²) in [7, 11) is -2.40. The zero-order valence-corrected chi connectivity index (χ0v) is 19.9. The minimum atomic E-state index is -4.67. The van der Waals surface area contributed by atoms with Crippen LogP contribution in [0, 0.1) is 11.8 Å². The molecule has 0 spiro atoms. The normalized spacial score (nSPS) is 31.2. The van der Waals surface area contributed by atoms with Gasteiger partial charge in [-0.1, -0.05) is 18.9 Å². The fourth-order valence-electron chi connectivity index (χ4n) is 7.05. The molecule has 2 heterocycles. The maximum absolute atomic E-state index is 10.2. The smallest absolute Gasteiger partial charge is 0.394 e. The van der Waals surface area contributed by atoms with Gasteiger partial charge in [0.1, 0.15) is 5.75 Å². The maximum Gasteiger partial charge on any atom is 0.394 e. The van der Waals surface area contributed by atoms with Gasteiger partial charge in [0.2, 0.25) is 0 Å². The van der Waals surface area contributed by atoms with Gasteiger partial charge < -0.3 is 10.0 Å². The molecule has 0 unspecified atom stereocenters. The lowest BCUT2D eigenvalue weighted by atomic mass is 9.52. The van der Waals surface area contributed by atoms with Gasteiger partial charge in [0.15, 0.2) is 0 Å². The standard InChI is InChI=1S/C24H36N2O.H2O4S/c1-25-12-7-18(8-13-25)9-14-26-15-11-24-10-3-2-4-21(24)23(26)16-19-5-6-20(27)17-22(19)24;1-5(2,3)4/h5-6,17-18,21,23,27H,2-4,7-16H2,1H3;(H2,1,2,3,4)/t21-,23-,24+;/m0./s1. The summed E-state index contributed by atoms with van der Waals surface area (Å²) in [6.45, 7) is 5.15. The predicted molar refractivity (Wildman–Crippen MR) is 124 cm³/mol. The van der Waals surface area contributed by atoms with E-state index in [4.69, 9.17) is 17.5 Å². The van der Waals surface area contributed by atoms with Crippen LogP contribution in [0.2, 0.25) is 0 Å². The van der Waals surface area contributed by atoms with Crippen molar-refractivity contribution in [2.45, 2.75) is 69.2 Å². The molecule has 2 saturated heterocycles. The summed E-state index contributed by atoms with van der Waals surface area (Å²) in [6.07, 6.45) is 12.2. The van der Waals surface area contributed by atoms with Gasteiger partial charge >= 0.3 is 10.4 Å². The predicted octanol–water partition coefficient (Wildman–Crippen LogP) is 3.53. The quantitative estimate of drug-likeness (QED) is 0.586. The third-order valence-corrected chi connectivity index (χ3v) is 8.60. The summed E-state index contributed by atoms with van der Waals surface area (Å²) in [6, 6.07) is 7.00. The summed E-state index contributed by atoms with van der Waals surface area (Å²) >= 11 is 0. The third-order valence-electron chi connectivity index (χ3n) is 8.60. The summed E-state index contributed by atoms with van der Waals surface area (Å²) in [4.78, 5) is 5.36. The Hall–Kier alpha value is -1.19. The number of likely N-dealkylation sites (tertiary alicyclic amines) is 2. The second-order valence-corrected chi connectivity index (χ2v) is 11.3. The molecule has 0 amide bonds. The van der Waals surface area contributed by atoms with E-state index in [2.05, 4.69) is 29.0 Å².